The van der Waals surface area contributed by atoms with E-state index in [9.17, 15) is 4.79 Å². The average molecular weight is 240 g/mol. The Morgan fingerprint density at radius 3 is 1.88 bits per heavy atom. The third-order valence-electron chi connectivity index (χ3n) is 3.02. The lowest BCUT2D eigenvalue weighted by Gasteiger charge is -2.02. The highest BCUT2D eigenvalue weighted by Gasteiger charge is 1.98. The van der Waals surface area contributed by atoms with Gasteiger partial charge in [-0.2, -0.15) is 0 Å². The van der Waals surface area contributed by atoms with Crippen LogP contribution < -0.4 is 0 Å². The van der Waals surface area contributed by atoms with Crippen molar-refractivity contribution in [3.8, 4) is 0 Å². The number of unbranched alkanes of at least 4 members (excludes halogenated alkanes) is 9. The smallest absolute Gasteiger partial charge is 0.305 e. The van der Waals surface area contributed by atoms with Crippen LogP contribution in [0.2, 0.25) is 0 Å². The molecule has 0 spiro atoms. The van der Waals surface area contributed by atoms with E-state index in [1.54, 1.807) is 0 Å². The molecule has 0 aliphatic rings. The Morgan fingerprint density at radius 2 is 1.41 bits per heavy atom. The van der Waals surface area contributed by atoms with Crippen molar-refractivity contribution >= 4 is 5.97 Å². The van der Waals surface area contributed by atoms with E-state index < -0.39 is 0 Å². The van der Waals surface area contributed by atoms with Gasteiger partial charge in [0.25, 0.3) is 0 Å². The van der Waals surface area contributed by atoms with E-state index in [2.05, 4.69) is 11.3 Å². The van der Waals surface area contributed by atoms with Gasteiger partial charge in [0, 0.05) is 6.42 Å². The summed E-state index contributed by atoms with van der Waals surface area (Å²) in [6.45, 7) is 3.72. The molecule has 0 aromatic heterocycles. The summed E-state index contributed by atoms with van der Waals surface area (Å²) in [6, 6.07) is 0. The summed E-state index contributed by atoms with van der Waals surface area (Å²) in [4.78, 5) is 10.8. The van der Waals surface area contributed by atoms with Crippen LogP contribution in [0, 0.1) is 0 Å². The van der Waals surface area contributed by atoms with Gasteiger partial charge in [0.15, 0.2) is 0 Å². The van der Waals surface area contributed by atoms with Crippen LogP contribution in [-0.4, -0.2) is 13.1 Å². The molecule has 0 amide bonds. The molecule has 0 fully saturated rings. The van der Waals surface area contributed by atoms with Crippen LogP contribution in [-0.2, 0) is 9.53 Å². The van der Waals surface area contributed by atoms with Crippen LogP contribution in [0.4, 0.5) is 0 Å². The first kappa shape index (κ1) is 16.2. The van der Waals surface area contributed by atoms with Gasteiger partial charge in [0.05, 0.1) is 7.11 Å². The molecular formula is C15H28O2. The minimum Gasteiger partial charge on any atom is -0.469 e. The Kier molecular flexibility index (Phi) is 12.7. The minimum atomic E-state index is -0.0766. The van der Waals surface area contributed by atoms with Crippen molar-refractivity contribution in [3.63, 3.8) is 0 Å². The SMILES string of the molecule is C=CCCCCCCCCCCCC(=O)OC. The molecule has 0 unspecified atom stereocenters. The van der Waals surface area contributed by atoms with Gasteiger partial charge in [0.2, 0.25) is 0 Å². The summed E-state index contributed by atoms with van der Waals surface area (Å²) < 4.78 is 4.60. The van der Waals surface area contributed by atoms with Gasteiger partial charge in [-0.3, -0.25) is 4.79 Å². The van der Waals surface area contributed by atoms with E-state index in [1.807, 2.05) is 6.08 Å². The Morgan fingerprint density at radius 1 is 0.941 bits per heavy atom. The molecule has 17 heavy (non-hydrogen) atoms. The highest BCUT2D eigenvalue weighted by Crippen LogP contribution is 2.11. The molecule has 0 rings (SSSR count). The molecule has 0 saturated heterocycles. The van der Waals surface area contributed by atoms with E-state index in [-0.39, 0.29) is 5.97 Å². The third kappa shape index (κ3) is 13.1. The Bertz CT molecular complexity index is 187. The summed E-state index contributed by atoms with van der Waals surface area (Å²) >= 11 is 0. The van der Waals surface area contributed by atoms with Gasteiger partial charge in [-0.15, -0.1) is 6.58 Å². The van der Waals surface area contributed by atoms with E-state index in [0.717, 1.165) is 19.3 Å². The molecule has 0 aromatic rings. The quantitative estimate of drug-likeness (QED) is 0.282. The number of rotatable bonds is 12. The van der Waals surface area contributed by atoms with Gasteiger partial charge >= 0.3 is 5.97 Å². The second-order valence-corrected chi connectivity index (χ2v) is 4.59. The summed E-state index contributed by atoms with van der Waals surface area (Å²) in [5.74, 6) is -0.0766. The van der Waals surface area contributed by atoms with E-state index in [1.165, 1.54) is 52.1 Å². The third-order valence-corrected chi connectivity index (χ3v) is 3.02. The van der Waals surface area contributed by atoms with Crippen LogP contribution in [0.25, 0.3) is 0 Å². The molecule has 100 valence electrons. The number of ether oxygens (including phenoxy) is 1. The van der Waals surface area contributed by atoms with Crippen LogP contribution in [0.1, 0.15) is 70.6 Å². The Balaban J connectivity index is 2.98. The van der Waals surface area contributed by atoms with Gasteiger partial charge < -0.3 is 4.74 Å². The number of carbonyl (C=O) groups excluding carboxylic acids is 1. The maximum atomic E-state index is 10.8. The first-order chi connectivity index (χ1) is 8.31. The second-order valence-electron chi connectivity index (χ2n) is 4.59. The first-order valence-electron chi connectivity index (χ1n) is 6.99. The fourth-order valence-corrected chi connectivity index (χ4v) is 1.90. The van der Waals surface area contributed by atoms with Crippen molar-refractivity contribution in [3.05, 3.63) is 12.7 Å². The van der Waals surface area contributed by atoms with E-state index in [4.69, 9.17) is 0 Å². The zero-order valence-electron chi connectivity index (χ0n) is 11.4. The van der Waals surface area contributed by atoms with Crippen molar-refractivity contribution in [2.24, 2.45) is 0 Å². The fourth-order valence-electron chi connectivity index (χ4n) is 1.90. The first-order valence-corrected chi connectivity index (χ1v) is 6.99. The minimum absolute atomic E-state index is 0.0766. The lowest BCUT2D eigenvalue weighted by atomic mass is 10.1. The summed E-state index contributed by atoms with van der Waals surface area (Å²) in [5.41, 5.74) is 0. The van der Waals surface area contributed by atoms with E-state index >= 15 is 0 Å². The topological polar surface area (TPSA) is 26.3 Å². The van der Waals surface area contributed by atoms with Crippen molar-refractivity contribution in [2.45, 2.75) is 70.6 Å². The van der Waals surface area contributed by atoms with Crippen molar-refractivity contribution in [1.29, 1.82) is 0 Å². The van der Waals surface area contributed by atoms with Crippen molar-refractivity contribution in [1.82, 2.24) is 0 Å². The highest BCUT2D eigenvalue weighted by molar-refractivity contribution is 5.68. The number of carbonyl (C=O) groups is 1. The van der Waals surface area contributed by atoms with Crippen LogP contribution in [0.5, 0.6) is 0 Å². The van der Waals surface area contributed by atoms with E-state index in [0.29, 0.717) is 6.42 Å². The zero-order chi connectivity index (χ0) is 12.8. The maximum Gasteiger partial charge on any atom is 0.305 e. The normalized spacial score (nSPS) is 10.2. The molecule has 0 bridgehead atoms. The van der Waals surface area contributed by atoms with Gasteiger partial charge in [0.1, 0.15) is 0 Å². The molecule has 0 aliphatic heterocycles. The molecule has 0 N–H and O–H groups in total. The van der Waals surface area contributed by atoms with Crippen molar-refractivity contribution in [2.75, 3.05) is 7.11 Å². The summed E-state index contributed by atoms with van der Waals surface area (Å²) in [6.07, 6.45) is 15.1. The molecular weight excluding hydrogens is 212 g/mol. The second kappa shape index (κ2) is 13.3. The van der Waals surface area contributed by atoms with Gasteiger partial charge in [-0.05, 0) is 19.3 Å². The molecule has 0 aliphatic carbocycles. The Labute approximate surface area is 106 Å². The standard InChI is InChI=1S/C15H28O2/c1-3-4-5-6-7-8-9-10-11-12-13-14-15(16)17-2/h3H,1,4-14H2,2H3. The molecule has 0 aromatic carbocycles. The maximum absolute atomic E-state index is 10.8. The Hall–Kier alpha value is -0.790. The van der Waals surface area contributed by atoms with Crippen molar-refractivity contribution < 1.29 is 9.53 Å². The molecule has 2 heteroatoms. The van der Waals surface area contributed by atoms with Gasteiger partial charge in [-0.25, -0.2) is 0 Å². The molecule has 0 radical (unpaired) electrons. The molecule has 0 saturated carbocycles. The largest absolute Gasteiger partial charge is 0.469 e. The van der Waals surface area contributed by atoms with Crippen LogP contribution >= 0.6 is 0 Å². The predicted molar refractivity (Wildman–Crippen MR) is 73.0 cm³/mol. The fraction of sp³-hybridized carbons (Fsp3) is 0.800. The van der Waals surface area contributed by atoms with Gasteiger partial charge in [-0.1, -0.05) is 51.0 Å². The molecule has 0 heterocycles. The number of allylic oxidation sites excluding steroid dienone is 1. The summed E-state index contributed by atoms with van der Waals surface area (Å²) in [7, 11) is 1.45. The van der Waals surface area contributed by atoms with Crippen LogP contribution in [0.15, 0.2) is 12.7 Å². The number of hydrogen-bond donors (Lipinski definition) is 0. The zero-order valence-corrected chi connectivity index (χ0v) is 11.4. The monoisotopic (exact) mass is 240 g/mol. The lowest BCUT2D eigenvalue weighted by molar-refractivity contribution is -0.140. The predicted octanol–water partition coefficient (Wildman–Crippen LogP) is 4.64. The lowest BCUT2D eigenvalue weighted by Crippen LogP contribution is -1.99. The summed E-state index contributed by atoms with van der Waals surface area (Å²) in [5, 5.41) is 0. The molecule has 2 nitrogen and oxygen atoms in total. The number of esters is 1. The highest BCUT2D eigenvalue weighted by atomic mass is 16.5. The number of hydrogen-bond acceptors (Lipinski definition) is 2. The van der Waals surface area contributed by atoms with Crippen LogP contribution in [0.3, 0.4) is 0 Å². The number of methoxy groups -OCH3 is 1. The average Bonchev–Trinajstić information content (AvgIpc) is 2.35. The molecule has 0 atom stereocenters.